The SMILES string of the molecule is Cc1csc(NC(=O)c2sc(-c3c(F)cccc3F)nc2C)n1. The Morgan fingerprint density at radius 3 is 2.48 bits per heavy atom. The molecule has 0 saturated heterocycles. The van der Waals surface area contributed by atoms with E-state index in [9.17, 15) is 13.6 Å². The number of halogens is 2. The van der Waals surface area contributed by atoms with Gasteiger partial charge in [-0.3, -0.25) is 10.1 Å². The minimum absolute atomic E-state index is 0.138. The van der Waals surface area contributed by atoms with Crippen LogP contribution in [0.15, 0.2) is 23.6 Å². The Morgan fingerprint density at radius 2 is 1.87 bits per heavy atom. The summed E-state index contributed by atoms with van der Waals surface area (Å²) in [6.07, 6.45) is 0. The summed E-state index contributed by atoms with van der Waals surface area (Å²) in [6.45, 7) is 3.45. The number of aryl methyl sites for hydroxylation is 2. The maximum atomic E-state index is 13.8. The molecule has 1 amide bonds. The van der Waals surface area contributed by atoms with Crippen LogP contribution in [-0.4, -0.2) is 15.9 Å². The smallest absolute Gasteiger partial charge is 0.269 e. The number of hydrogen-bond donors (Lipinski definition) is 1. The molecule has 0 unspecified atom stereocenters. The number of carbonyl (C=O) groups is 1. The Kier molecular flexibility index (Phi) is 4.18. The predicted molar refractivity (Wildman–Crippen MR) is 87.0 cm³/mol. The van der Waals surface area contributed by atoms with Crippen LogP contribution in [0.2, 0.25) is 0 Å². The van der Waals surface area contributed by atoms with Crippen LogP contribution in [0.3, 0.4) is 0 Å². The molecule has 23 heavy (non-hydrogen) atoms. The van der Waals surface area contributed by atoms with Crippen molar-refractivity contribution in [1.82, 2.24) is 9.97 Å². The van der Waals surface area contributed by atoms with Crippen LogP contribution in [0.4, 0.5) is 13.9 Å². The Balaban J connectivity index is 1.93. The van der Waals surface area contributed by atoms with Gasteiger partial charge in [0.2, 0.25) is 0 Å². The molecule has 0 saturated carbocycles. The van der Waals surface area contributed by atoms with Crippen LogP contribution < -0.4 is 5.32 Å². The van der Waals surface area contributed by atoms with Gasteiger partial charge in [-0.25, -0.2) is 18.7 Å². The first-order valence-electron chi connectivity index (χ1n) is 6.61. The molecular weight excluding hydrogens is 340 g/mol. The summed E-state index contributed by atoms with van der Waals surface area (Å²) < 4.78 is 27.7. The average Bonchev–Trinajstić information content (AvgIpc) is 3.05. The lowest BCUT2D eigenvalue weighted by Crippen LogP contribution is -2.11. The second-order valence-corrected chi connectivity index (χ2v) is 6.64. The Bertz CT molecular complexity index is 868. The largest absolute Gasteiger partial charge is 0.297 e. The van der Waals surface area contributed by atoms with E-state index in [-0.39, 0.29) is 10.6 Å². The van der Waals surface area contributed by atoms with Gasteiger partial charge in [-0.05, 0) is 26.0 Å². The van der Waals surface area contributed by atoms with E-state index < -0.39 is 17.5 Å². The molecule has 0 aliphatic rings. The topological polar surface area (TPSA) is 54.9 Å². The molecule has 2 aromatic heterocycles. The number of carbonyl (C=O) groups excluding carboxylic acids is 1. The lowest BCUT2D eigenvalue weighted by atomic mass is 10.2. The van der Waals surface area contributed by atoms with Gasteiger partial charge in [0.05, 0.1) is 17.0 Å². The van der Waals surface area contributed by atoms with Crippen molar-refractivity contribution in [1.29, 1.82) is 0 Å². The third-order valence-corrected chi connectivity index (χ3v) is 5.07. The maximum Gasteiger partial charge on any atom is 0.269 e. The summed E-state index contributed by atoms with van der Waals surface area (Å²) in [5.41, 5.74) is 1.00. The molecule has 0 atom stereocenters. The van der Waals surface area contributed by atoms with E-state index in [2.05, 4.69) is 15.3 Å². The number of thiazole rings is 2. The van der Waals surface area contributed by atoms with E-state index >= 15 is 0 Å². The lowest BCUT2D eigenvalue weighted by molar-refractivity contribution is 0.103. The molecule has 0 spiro atoms. The molecule has 0 fully saturated rings. The third-order valence-electron chi connectivity index (χ3n) is 3.02. The van der Waals surface area contributed by atoms with Crippen LogP contribution >= 0.6 is 22.7 Å². The molecule has 3 aromatic rings. The van der Waals surface area contributed by atoms with Gasteiger partial charge in [0, 0.05) is 5.38 Å². The van der Waals surface area contributed by atoms with Gasteiger partial charge in [0.15, 0.2) is 5.13 Å². The summed E-state index contributed by atoms with van der Waals surface area (Å²) in [6, 6.07) is 3.60. The number of nitrogens with one attached hydrogen (secondary N) is 1. The second kappa shape index (κ2) is 6.13. The van der Waals surface area contributed by atoms with Crippen molar-refractivity contribution in [2.45, 2.75) is 13.8 Å². The second-order valence-electron chi connectivity index (χ2n) is 4.78. The van der Waals surface area contributed by atoms with Crippen LogP contribution in [-0.2, 0) is 0 Å². The molecule has 4 nitrogen and oxygen atoms in total. The van der Waals surface area contributed by atoms with Crippen LogP contribution in [0.5, 0.6) is 0 Å². The quantitative estimate of drug-likeness (QED) is 0.760. The van der Waals surface area contributed by atoms with E-state index in [0.29, 0.717) is 15.7 Å². The monoisotopic (exact) mass is 351 g/mol. The fraction of sp³-hybridized carbons (Fsp3) is 0.133. The number of benzene rings is 1. The van der Waals surface area contributed by atoms with E-state index in [1.807, 2.05) is 12.3 Å². The zero-order valence-electron chi connectivity index (χ0n) is 12.2. The molecular formula is C15H11F2N3OS2. The number of aromatic nitrogens is 2. The van der Waals surface area contributed by atoms with Crippen molar-refractivity contribution in [2.75, 3.05) is 5.32 Å². The summed E-state index contributed by atoms with van der Waals surface area (Å²) >= 11 is 2.26. The standard InChI is InChI=1S/C15H11F2N3OS2/c1-7-6-22-15(18-7)20-13(21)12-8(2)19-14(23-12)11-9(16)4-3-5-10(11)17/h3-6H,1-2H3,(H,18,20,21). The lowest BCUT2D eigenvalue weighted by Gasteiger charge is -2.00. The molecule has 0 radical (unpaired) electrons. The Morgan fingerprint density at radius 1 is 1.17 bits per heavy atom. The number of anilines is 1. The first kappa shape index (κ1) is 15.7. The molecule has 0 aliphatic carbocycles. The van der Waals surface area contributed by atoms with Crippen LogP contribution in [0, 0.1) is 25.5 Å². The predicted octanol–water partition coefficient (Wildman–Crippen LogP) is 4.41. The molecule has 3 rings (SSSR count). The molecule has 0 bridgehead atoms. The highest BCUT2D eigenvalue weighted by Crippen LogP contribution is 2.32. The Labute approximate surface area is 138 Å². The zero-order chi connectivity index (χ0) is 16.6. The minimum Gasteiger partial charge on any atom is -0.297 e. The van der Waals surface area contributed by atoms with Gasteiger partial charge in [-0.2, -0.15) is 0 Å². The highest BCUT2D eigenvalue weighted by molar-refractivity contribution is 7.17. The molecule has 8 heteroatoms. The van der Waals surface area contributed by atoms with Gasteiger partial charge >= 0.3 is 0 Å². The molecule has 1 N–H and O–H groups in total. The van der Waals surface area contributed by atoms with Crippen molar-refractivity contribution < 1.29 is 13.6 Å². The number of hydrogen-bond acceptors (Lipinski definition) is 5. The normalized spacial score (nSPS) is 10.8. The van der Waals surface area contributed by atoms with Crippen molar-refractivity contribution in [2.24, 2.45) is 0 Å². The summed E-state index contributed by atoms with van der Waals surface area (Å²) in [5, 5.41) is 5.09. The summed E-state index contributed by atoms with van der Waals surface area (Å²) in [7, 11) is 0. The van der Waals surface area contributed by atoms with Gasteiger partial charge < -0.3 is 0 Å². The first-order chi connectivity index (χ1) is 11.0. The number of amides is 1. The molecule has 0 aliphatic heterocycles. The zero-order valence-corrected chi connectivity index (χ0v) is 13.8. The molecule has 118 valence electrons. The fourth-order valence-electron chi connectivity index (χ4n) is 1.98. The van der Waals surface area contributed by atoms with Crippen LogP contribution in [0.25, 0.3) is 10.6 Å². The van der Waals surface area contributed by atoms with Gasteiger partial charge in [-0.15, -0.1) is 22.7 Å². The maximum absolute atomic E-state index is 13.8. The van der Waals surface area contributed by atoms with Crippen molar-refractivity contribution in [3.05, 3.63) is 51.5 Å². The van der Waals surface area contributed by atoms with Crippen molar-refractivity contribution in [3.63, 3.8) is 0 Å². The van der Waals surface area contributed by atoms with Gasteiger partial charge in [0.1, 0.15) is 21.5 Å². The molecule has 2 heterocycles. The first-order valence-corrected chi connectivity index (χ1v) is 8.30. The van der Waals surface area contributed by atoms with Crippen molar-refractivity contribution >= 4 is 33.7 Å². The fourth-order valence-corrected chi connectivity index (χ4v) is 3.67. The van der Waals surface area contributed by atoms with E-state index in [1.54, 1.807) is 6.92 Å². The summed E-state index contributed by atoms with van der Waals surface area (Å²) in [4.78, 5) is 20.9. The Hall–Kier alpha value is -2.19. The number of rotatable bonds is 3. The average molecular weight is 351 g/mol. The van der Waals surface area contributed by atoms with E-state index in [1.165, 1.54) is 17.4 Å². The minimum atomic E-state index is -0.707. The third kappa shape index (κ3) is 3.13. The van der Waals surface area contributed by atoms with Gasteiger partial charge in [-0.1, -0.05) is 6.07 Å². The van der Waals surface area contributed by atoms with Gasteiger partial charge in [0.25, 0.3) is 5.91 Å². The highest BCUT2D eigenvalue weighted by atomic mass is 32.1. The van der Waals surface area contributed by atoms with E-state index in [0.717, 1.165) is 29.2 Å². The van der Waals surface area contributed by atoms with E-state index in [4.69, 9.17) is 0 Å². The van der Waals surface area contributed by atoms with Crippen molar-refractivity contribution in [3.8, 4) is 10.6 Å². The van der Waals surface area contributed by atoms with Crippen LogP contribution in [0.1, 0.15) is 21.1 Å². The number of nitrogens with zero attached hydrogens (tertiary/aromatic N) is 2. The molecule has 1 aromatic carbocycles. The highest BCUT2D eigenvalue weighted by Gasteiger charge is 2.21. The summed E-state index contributed by atoms with van der Waals surface area (Å²) in [5.74, 6) is -1.81.